The maximum atomic E-state index is 7.42. The lowest BCUT2D eigenvalue weighted by Gasteiger charge is -2.22. The van der Waals surface area contributed by atoms with Gasteiger partial charge in [-0.05, 0) is 96.2 Å². The van der Waals surface area contributed by atoms with E-state index in [0.717, 1.165) is 23.4 Å². The van der Waals surface area contributed by atoms with Crippen LogP contribution in [0.3, 0.4) is 0 Å². The zero-order chi connectivity index (χ0) is 28.8. The molecular weight excluding hydrogens is 540 g/mol. The van der Waals surface area contributed by atoms with Crippen molar-refractivity contribution in [1.29, 1.82) is 0 Å². The van der Waals surface area contributed by atoms with Crippen molar-refractivity contribution >= 4 is 49.5 Å². The molecule has 1 aliphatic carbocycles. The summed E-state index contributed by atoms with van der Waals surface area (Å²) in [6.45, 7) is 0. The van der Waals surface area contributed by atoms with Gasteiger partial charge < -0.3 is 0 Å². The van der Waals surface area contributed by atoms with E-state index in [1.807, 2.05) is 0 Å². The van der Waals surface area contributed by atoms with Gasteiger partial charge in [0.05, 0.1) is 0 Å². The maximum Gasteiger partial charge on any atom is 0.0491 e. The van der Waals surface area contributed by atoms with E-state index in [1.165, 1.54) is 71.3 Å². The molecular formula is C42H29Cl. The van der Waals surface area contributed by atoms with E-state index < -0.39 is 0 Å². The highest BCUT2D eigenvalue weighted by Gasteiger charge is 2.22. The van der Waals surface area contributed by atoms with Gasteiger partial charge in [-0.2, -0.15) is 0 Å². The molecule has 0 bridgehead atoms. The monoisotopic (exact) mass is 568 g/mol. The summed E-state index contributed by atoms with van der Waals surface area (Å²) in [6, 6.07) is 48.0. The smallest absolute Gasteiger partial charge is 0.0491 e. The molecule has 0 aliphatic heterocycles. The molecule has 7 aromatic carbocycles. The highest BCUT2D eigenvalue weighted by Crippen LogP contribution is 2.48. The number of halogens is 1. The van der Waals surface area contributed by atoms with Gasteiger partial charge in [-0.1, -0.05) is 151 Å². The topological polar surface area (TPSA) is 0 Å². The predicted octanol–water partition coefficient (Wildman–Crippen LogP) is 12.5. The van der Waals surface area contributed by atoms with Gasteiger partial charge in [0.15, 0.2) is 0 Å². The van der Waals surface area contributed by atoms with Gasteiger partial charge in [0.1, 0.15) is 0 Å². The third-order valence-electron chi connectivity index (χ3n) is 8.79. The van der Waals surface area contributed by atoms with E-state index in [1.54, 1.807) is 0 Å². The normalized spacial score (nSPS) is 13.1. The Morgan fingerprint density at radius 3 is 1.81 bits per heavy atom. The molecule has 0 nitrogen and oxygen atoms in total. The van der Waals surface area contributed by atoms with E-state index in [9.17, 15) is 0 Å². The first-order chi connectivity index (χ1) is 21.3. The molecule has 7 aromatic rings. The van der Waals surface area contributed by atoms with Crippen LogP contribution in [0.25, 0.3) is 71.3 Å². The van der Waals surface area contributed by atoms with Crippen LogP contribution in [0, 0.1) is 0 Å². The van der Waals surface area contributed by atoms with Gasteiger partial charge >= 0.3 is 0 Å². The predicted molar refractivity (Wildman–Crippen MR) is 187 cm³/mol. The van der Waals surface area contributed by atoms with Gasteiger partial charge in [-0.3, -0.25) is 0 Å². The molecule has 8 rings (SSSR count). The minimum absolute atomic E-state index is 0.767. The lowest BCUT2D eigenvalue weighted by atomic mass is 9.82. The summed E-state index contributed by atoms with van der Waals surface area (Å²) in [7, 11) is 0. The van der Waals surface area contributed by atoms with Crippen LogP contribution in [-0.2, 0) is 0 Å². The third-order valence-corrected chi connectivity index (χ3v) is 9.10. The molecule has 0 saturated heterocycles. The molecule has 0 radical (unpaired) electrons. The molecule has 0 amide bonds. The molecule has 1 heteroatoms. The van der Waals surface area contributed by atoms with Gasteiger partial charge in [-0.15, -0.1) is 0 Å². The summed E-state index contributed by atoms with van der Waals surface area (Å²) in [5.41, 5.74) is 9.71. The van der Waals surface area contributed by atoms with Crippen LogP contribution in [0.15, 0.2) is 152 Å². The Morgan fingerprint density at radius 2 is 1.09 bits per heavy atom. The van der Waals surface area contributed by atoms with Gasteiger partial charge in [0, 0.05) is 10.6 Å². The van der Waals surface area contributed by atoms with E-state index >= 15 is 0 Å². The van der Waals surface area contributed by atoms with Crippen molar-refractivity contribution < 1.29 is 0 Å². The molecule has 0 atom stereocenters. The lowest BCUT2D eigenvalue weighted by molar-refractivity contribution is 1.06. The van der Waals surface area contributed by atoms with Crippen LogP contribution in [-0.4, -0.2) is 0 Å². The average molecular weight is 569 g/mol. The number of hydrogen-bond acceptors (Lipinski definition) is 0. The van der Waals surface area contributed by atoms with E-state index in [-0.39, 0.29) is 0 Å². The first kappa shape index (κ1) is 25.8. The SMILES string of the molecule is Clc1cc2c(C3=CC=CCC3)c3ccccc3c(-c3ccccc3)c2cc1-c1c(-c2ccccc2)ccc2ccccc12. The number of fused-ring (bicyclic) bond motifs is 3. The molecule has 0 spiro atoms. The Labute approximate surface area is 257 Å². The quantitative estimate of drug-likeness (QED) is 0.185. The number of rotatable bonds is 4. The molecule has 0 N–H and O–H groups in total. The summed E-state index contributed by atoms with van der Waals surface area (Å²) in [5, 5.41) is 8.14. The molecule has 204 valence electrons. The summed E-state index contributed by atoms with van der Waals surface area (Å²) in [6.07, 6.45) is 8.80. The van der Waals surface area contributed by atoms with Crippen LogP contribution < -0.4 is 0 Å². The summed E-state index contributed by atoms with van der Waals surface area (Å²) in [4.78, 5) is 0. The van der Waals surface area contributed by atoms with Gasteiger partial charge in [0.25, 0.3) is 0 Å². The molecule has 0 saturated carbocycles. The Bertz CT molecular complexity index is 2220. The average Bonchev–Trinajstić information content (AvgIpc) is 3.07. The summed E-state index contributed by atoms with van der Waals surface area (Å²) >= 11 is 7.42. The molecule has 0 aromatic heterocycles. The Hall–Kier alpha value is -4.91. The second-order valence-electron chi connectivity index (χ2n) is 11.3. The molecule has 0 unspecified atom stereocenters. The van der Waals surface area contributed by atoms with E-state index in [0.29, 0.717) is 0 Å². The van der Waals surface area contributed by atoms with E-state index in [4.69, 9.17) is 11.6 Å². The Morgan fingerprint density at radius 1 is 0.465 bits per heavy atom. The first-order valence-electron chi connectivity index (χ1n) is 14.9. The number of benzene rings is 7. The van der Waals surface area contributed by atoms with Crippen molar-refractivity contribution in [2.24, 2.45) is 0 Å². The van der Waals surface area contributed by atoms with Gasteiger partial charge in [-0.25, -0.2) is 0 Å². The van der Waals surface area contributed by atoms with Crippen LogP contribution in [0.5, 0.6) is 0 Å². The van der Waals surface area contributed by atoms with Crippen LogP contribution >= 0.6 is 11.6 Å². The molecule has 43 heavy (non-hydrogen) atoms. The Kier molecular flexibility index (Phi) is 6.43. The maximum absolute atomic E-state index is 7.42. The fourth-order valence-corrected chi connectivity index (χ4v) is 7.14. The van der Waals surface area contributed by atoms with Crippen molar-refractivity contribution in [3.05, 3.63) is 162 Å². The van der Waals surface area contributed by atoms with Crippen molar-refractivity contribution in [3.63, 3.8) is 0 Å². The van der Waals surface area contributed by atoms with Gasteiger partial charge in [0.2, 0.25) is 0 Å². The minimum atomic E-state index is 0.767. The lowest BCUT2D eigenvalue weighted by Crippen LogP contribution is -1.97. The second kappa shape index (κ2) is 10.7. The summed E-state index contributed by atoms with van der Waals surface area (Å²) < 4.78 is 0. The van der Waals surface area contributed by atoms with Crippen molar-refractivity contribution in [2.75, 3.05) is 0 Å². The van der Waals surface area contributed by atoms with E-state index in [2.05, 4.69) is 152 Å². The zero-order valence-corrected chi connectivity index (χ0v) is 24.5. The minimum Gasteiger partial charge on any atom is -0.0842 e. The van der Waals surface area contributed by atoms with Crippen LogP contribution in [0.4, 0.5) is 0 Å². The van der Waals surface area contributed by atoms with Crippen molar-refractivity contribution in [1.82, 2.24) is 0 Å². The van der Waals surface area contributed by atoms with Crippen molar-refractivity contribution in [3.8, 4) is 33.4 Å². The number of hydrogen-bond donors (Lipinski definition) is 0. The van der Waals surface area contributed by atoms with Crippen molar-refractivity contribution in [2.45, 2.75) is 12.8 Å². The molecule has 0 fully saturated rings. The first-order valence-corrected chi connectivity index (χ1v) is 15.3. The standard InChI is InChI=1S/C42H29Cl/c43-39-27-37-36(26-38(39)42-32-21-11-10-16-29(32)24-25-33(42)28-14-4-1-5-15-28)40(30-17-6-2-7-18-30)34-22-12-13-23-35(34)41(37)31-19-8-3-9-20-31/h1-8,10-19,21-27H,9,20H2. The molecule has 0 heterocycles. The highest BCUT2D eigenvalue weighted by atomic mass is 35.5. The largest absolute Gasteiger partial charge is 0.0842 e. The van der Waals surface area contributed by atoms with Crippen LogP contribution in [0.1, 0.15) is 18.4 Å². The zero-order valence-electron chi connectivity index (χ0n) is 23.7. The Balaban J connectivity index is 1.55. The summed E-state index contributed by atoms with van der Waals surface area (Å²) in [5.74, 6) is 0. The fourth-order valence-electron chi connectivity index (χ4n) is 6.88. The molecule has 1 aliphatic rings. The number of allylic oxidation sites excluding steroid dienone is 4. The third kappa shape index (κ3) is 4.38. The second-order valence-corrected chi connectivity index (χ2v) is 11.7. The van der Waals surface area contributed by atoms with Crippen LogP contribution in [0.2, 0.25) is 5.02 Å². The highest BCUT2D eigenvalue weighted by molar-refractivity contribution is 6.36. The fraction of sp³-hybridized carbons (Fsp3) is 0.0476.